The van der Waals surface area contributed by atoms with Crippen molar-refractivity contribution in [2.75, 3.05) is 26.7 Å². The molecule has 8 heteroatoms. The first-order valence-electron chi connectivity index (χ1n) is 8.58. The second kappa shape index (κ2) is 12.2. The molecule has 1 heterocycles. The minimum atomic E-state index is -0.236. The molecule has 1 atom stereocenters. The van der Waals surface area contributed by atoms with Crippen molar-refractivity contribution in [3.63, 3.8) is 0 Å². The molecule has 2 rings (SSSR count). The van der Waals surface area contributed by atoms with Gasteiger partial charge in [0, 0.05) is 20.1 Å². The molecule has 0 saturated carbocycles. The van der Waals surface area contributed by atoms with Gasteiger partial charge in [-0.15, -0.1) is 24.0 Å². The van der Waals surface area contributed by atoms with Crippen molar-refractivity contribution < 1.29 is 13.9 Å². The van der Waals surface area contributed by atoms with E-state index in [1.54, 1.807) is 19.2 Å². The highest BCUT2D eigenvalue weighted by Crippen LogP contribution is 2.13. The molecule has 0 bridgehead atoms. The maximum absolute atomic E-state index is 11.7. The topological polar surface area (TPSA) is 87.9 Å². The zero-order valence-electron chi connectivity index (χ0n) is 15.8. The molecule has 0 saturated heterocycles. The van der Waals surface area contributed by atoms with Gasteiger partial charge in [-0.3, -0.25) is 9.79 Å². The minimum Gasteiger partial charge on any atom is -0.489 e. The van der Waals surface area contributed by atoms with Gasteiger partial charge in [0.2, 0.25) is 0 Å². The first kappa shape index (κ1) is 22.8. The lowest BCUT2D eigenvalue weighted by molar-refractivity contribution is 0.0926. The van der Waals surface area contributed by atoms with Gasteiger partial charge >= 0.3 is 0 Å². The van der Waals surface area contributed by atoms with Crippen LogP contribution in [0.4, 0.5) is 0 Å². The third kappa shape index (κ3) is 8.33. The summed E-state index contributed by atoms with van der Waals surface area (Å²) < 4.78 is 10.9. The van der Waals surface area contributed by atoms with Crippen molar-refractivity contribution in [3.05, 3.63) is 54.0 Å². The van der Waals surface area contributed by atoms with E-state index in [1.807, 2.05) is 38.1 Å². The highest BCUT2D eigenvalue weighted by Gasteiger charge is 2.08. The van der Waals surface area contributed by atoms with Crippen LogP contribution in [0.5, 0.6) is 5.75 Å². The second-order valence-corrected chi connectivity index (χ2v) is 5.86. The predicted octanol–water partition coefficient (Wildman–Crippen LogP) is 2.57. The number of carbonyl (C=O) groups excluding carboxylic acids is 1. The Hall–Kier alpha value is -2.23. The summed E-state index contributed by atoms with van der Waals surface area (Å²) in [6, 6.07) is 11.3. The molecular formula is C19H27IN4O3. The van der Waals surface area contributed by atoms with Gasteiger partial charge in [-0.1, -0.05) is 12.1 Å². The summed E-state index contributed by atoms with van der Waals surface area (Å²) in [6.45, 7) is 5.62. The Bertz CT molecular complexity index is 720. The van der Waals surface area contributed by atoms with Crippen LogP contribution in [0.3, 0.4) is 0 Å². The summed E-state index contributed by atoms with van der Waals surface area (Å²) in [5.74, 6) is 1.56. The van der Waals surface area contributed by atoms with Gasteiger partial charge < -0.3 is 25.1 Å². The fourth-order valence-corrected chi connectivity index (χ4v) is 2.28. The Kier molecular flexibility index (Phi) is 10.3. The fourth-order valence-electron chi connectivity index (χ4n) is 2.28. The lowest BCUT2D eigenvalue weighted by atomic mass is 10.2. The number of hydrogen-bond donors (Lipinski definition) is 3. The van der Waals surface area contributed by atoms with Crippen LogP contribution in [0, 0.1) is 6.92 Å². The van der Waals surface area contributed by atoms with E-state index in [2.05, 4.69) is 20.9 Å². The number of carbonyl (C=O) groups is 1. The van der Waals surface area contributed by atoms with E-state index in [9.17, 15) is 4.79 Å². The summed E-state index contributed by atoms with van der Waals surface area (Å²) in [5.41, 5.74) is 1.16. The number of ether oxygens (including phenoxy) is 1. The van der Waals surface area contributed by atoms with E-state index in [0.717, 1.165) is 11.3 Å². The minimum absolute atomic E-state index is 0. The van der Waals surface area contributed by atoms with E-state index in [0.29, 0.717) is 31.4 Å². The number of guanidine groups is 1. The third-order valence-electron chi connectivity index (χ3n) is 3.56. The molecule has 0 spiro atoms. The van der Waals surface area contributed by atoms with Crippen LogP contribution in [0.1, 0.15) is 23.0 Å². The van der Waals surface area contributed by atoms with Crippen molar-refractivity contribution in [1.29, 1.82) is 0 Å². The van der Waals surface area contributed by atoms with Crippen molar-refractivity contribution in [2.24, 2.45) is 4.99 Å². The molecule has 27 heavy (non-hydrogen) atoms. The lowest BCUT2D eigenvalue weighted by Gasteiger charge is -2.18. The molecule has 2 aromatic rings. The standard InChI is InChI=1S/C19H26N4O3.HI/c1-14-6-4-7-16(12-14)26-15(2)13-23-19(20-3)22-10-9-21-18(24)17-8-5-11-25-17;/h4-8,11-12,15H,9-10,13H2,1-3H3,(H,21,24)(H2,20,22,23);1H. The maximum atomic E-state index is 11.7. The molecular weight excluding hydrogens is 459 g/mol. The average Bonchev–Trinajstić information content (AvgIpc) is 3.15. The zero-order chi connectivity index (χ0) is 18.8. The van der Waals surface area contributed by atoms with Crippen molar-refractivity contribution >= 4 is 35.8 Å². The van der Waals surface area contributed by atoms with Gasteiger partial charge in [-0.05, 0) is 43.7 Å². The molecule has 0 aliphatic carbocycles. The highest BCUT2D eigenvalue weighted by atomic mass is 127. The van der Waals surface area contributed by atoms with Gasteiger partial charge in [0.25, 0.3) is 5.91 Å². The van der Waals surface area contributed by atoms with Crippen LogP contribution in [0.15, 0.2) is 52.1 Å². The Labute approximate surface area is 177 Å². The molecule has 0 aliphatic heterocycles. The quantitative estimate of drug-likeness (QED) is 0.231. The Balaban J connectivity index is 0.00000364. The van der Waals surface area contributed by atoms with Gasteiger partial charge in [0.05, 0.1) is 12.8 Å². The molecule has 0 aliphatic rings. The normalized spacial score (nSPS) is 11.9. The molecule has 1 unspecified atom stereocenters. The Morgan fingerprint density at radius 1 is 1.19 bits per heavy atom. The van der Waals surface area contributed by atoms with E-state index in [1.165, 1.54) is 6.26 Å². The molecule has 0 fully saturated rings. The van der Waals surface area contributed by atoms with Gasteiger partial charge in [0.15, 0.2) is 11.7 Å². The Morgan fingerprint density at radius 3 is 2.63 bits per heavy atom. The van der Waals surface area contributed by atoms with Crippen LogP contribution in [0.2, 0.25) is 0 Å². The van der Waals surface area contributed by atoms with Crippen LogP contribution in [0.25, 0.3) is 0 Å². The number of hydrogen-bond acceptors (Lipinski definition) is 4. The summed E-state index contributed by atoms with van der Waals surface area (Å²) in [4.78, 5) is 15.9. The summed E-state index contributed by atoms with van der Waals surface area (Å²) in [5, 5.41) is 9.10. The average molecular weight is 486 g/mol. The number of halogens is 1. The van der Waals surface area contributed by atoms with Crippen LogP contribution < -0.4 is 20.7 Å². The number of nitrogens with zero attached hydrogens (tertiary/aromatic N) is 1. The van der Waals surface area contributed by atoms with E-state index in [4.69, 9.17) is 9.15 Å². The van der Waals surface area contributed by atoms with Gasteiger partial charge in [-0.2, -0.15) is 0 Å². The number of amides is 1. The van der Waals surface area contributed by atoms with Crippen molar-refractivity contribution in [3.8, 4) is 5.75 Å². The fraction of sp³-hybridized carbons (Fsp3) is 0.368. The monoisotopic (exact) mass is 486 g/mol. The highest BCUT2D eigenvalue weighted by molar-refractivity contribution is 14.0. The molecule has 148 valence electrons. The molecule has 3 N–H and O–H groups in total. The predicted molar refractivity (Wildman–Crippen MR) is 117 cm³/mol. The molecule has 0 radical (unpaired) electrons. The van der Waals surface area contributed by atoms with E-state index in [-0.39, 0.29) is 36.0 Å². The van der Waals surface area contributed by atoms with Crippen molar-refractivity contribution in [1.82, 2.24) is 16.0 Å². The third-order valence-corrected chi connectivity index (χ3v) is 3.56. The molecule has 7 nitrogen and oxygen atoms in total. The number of rotatable bonds is 8. The summed E-state index contributed by atoms with van der Waals surface area (Å²) in [7, 11) is 1.70. The summed E-state index contributed by atoms with van der Waals surface area (Å²) in [6.07, 6.45) is 1.45. The molecule has 1 aromatic heterocycles. The van der Waals surface area contributed by atoms with E-state index >= 15 is 0 Å². The number of benzene rings is 1. The number of nitrogens with one attached hydrogen (secondary N) is 3. The zero-order valence-corrected chi connectivity index (χ0v) is 18.2. The lowest BCUT2D eigenvalue weighted by Crippen LogP contribution is -2.44. The van der Waals surface area contributed by atoms with Gasteiger partial charge in [0.1, 0.15) is 11.9 Å². The van der Waals surface area contributed by atoms with Crippen LogP contribution in [-0.2, 0) is 0 Å². The summed E-state index contributed by atoms with van der Waals surface area (Å²) >= 11 is 0. The first-order chi connectivity index (χ1) is 12.6. The smallest absolute Gasteiger partial charge is 0.287 e. The molecule has 1 amide bonds. The number of furan rings is 1. The van der Waals surface area contributed by atoms with Crippen molar-refractivity contribution in [2.45, 2.75) is 20.0 Å². The Morgan fingerprint density at radius 2 is 1.96 bits per heavy atom. The van der Waals surface area contributed by atoms with E-state index < -0.39 is 0 Å². The largest absolute Gasteiger partial charge is 0.489 e. The van der Waals surface area contributed by atoms with Crippen LogP contribution in [-0.4, -0.2) is 44.7 Å². The number of aliphatic imine (C=N–C) groups is 1. The SMILES string of the molecule is CN=C(NCCNC(=O)c1ccco1)NCC(C)Oc1cccc(C)c1.I. The van der Waals surface area contributed by atoms with Crippen LogP contribution >= 0.6 is 24.0 Å². The second-order valence-electron chi connectivity index (χ2n) is 5.86. The maximum Gasteiger partial charge on any atom is 0.287 e. The number of aryl methyl sites for hydroxylation is 1. The van der Waals surface area contributed by atoms with Gasteiger partial charge in [-0.25, -0.2) is 0 Å². The molecule has 1 aromatic carbocycles. The first-order valence-corrected chi connectivity index (χ1v) is 8.58.